The lowest BCUT2D eigenvalue weighted by atomic mass is 10.1. The first-order valence-electron chi connectivity index (χ1n) is 7.10. The Balaban J connectivity index is 2.59. The van der Waals surface area contributed by atoms with E-state index >= 15 is 0 Å². The summed E-state index contributed by atoms with van der Waals surface area (Å²) < 4.78 is 46.2. The van der Waals surface area contributed by atoms with Crippen LogP contribution in [0, 0.1) is 0 Å². The van der Waals surface area contributed by atoms with E-state index in [1.165, 1.54) is 19.2 Å². The molecule has 0 heterocycles. The molecule has 0 aliphatic heterocycles. The van der Waals surface area contributed by atoms with Crippen molar-refractivity contribution in [3.8, 4) is 11.5 Å². The highest BCUT2D eigenvalue weighted by atomic mass is 19.4. The highest BCUT2D eigenvalue weighted by Crippen LogP contribution is 2.29. The topological polar surface area (TPSA) is 73.6 Å². The predicted octanol–water partition coefficient (Wildman–Crippen LogP) is 2.38. The summed E-state index contributed by atoms with van der Waals surface area (Å²) in [6.07, 6.45) is -3.52. The Morgan fingerprint density at radius 3 is 2.61 bits per heavy atom. The molecule has 1 aromatic carbocycles. The van der Waals surface area contributed by atoms with Gasteiger partial charge in [-0.15, -0.1) is 0 Å². The van der Waals surface area contributed by atoms with E-state index in [0.29, 0.717) is 18.4 Å². The SMILES string of the molecule is COc1cc(CNC(=O)CCC(C)N)ccc1OCC(F)(F)F. The standard InChI is InChI=1S/C15H21F3N2O3/c1-10(19)3-6-14(21)20-8-11-4-5-12(13(7-11)22-2)23-9-15(16,17)18/h4-5,7,10H,3,6,8-9,19H2,1-2H3,(H,20,21). The van der Waals surface area contributed by atoms with Crippen molar-refractivity contribution in [3.05, 3.63) is 23.8 Å². The van der Waals surface area contributed by atoms with Crippen molar-refractivity contribution in [1.82, 2.24) is 5.32 Å². The molecule has 0 saturated carbocycles. The monoisotopic (exact) mass is 334 g/mol. The smallest absolute Gasteiger partial charge is 0.422 e. The van der Waals surface area contributed by atoms with Crippen molar-refractivity contribution in [2.45, 2.75) is 38.5 Å². The molecule has 0 bridgehead atoms. The molecule has 0 fully saturated rings. The van der Waals surface area contributed by atoms with Gasteiger partial charge in [-0.05, 0) is 31.0 Å². The molecule has 8 heteroatoms. The van der Waals surface area contributed by atoms with Crippen LogP contribution in [0.2, 0.25) is 0 Å². The summed E-state index contributed by atoms with van der Waals surface area (Å²) in [4.78, 5) is 11.6. The number of benzene rings is 1. The lowest BCUT2D eigenvalue weighted by Gasteiger charge is -2.14. The maximum Gasteiger partial charge on any atom is 0.422 e. The summed E-state index contributed by atoms with van der Waals surface area (Å²) in [6.45, 7) is 0.669. The molecule has 0 spiro atoms. The number of methoxy groups -OCH3 is 1. The van der Waals surface area contributed by atoms with Crippen LogP contribution in [0.15, 0.2) is 18.2 Å². The number of carbonyl (C=O) groups excluding carboxylic acids is 1. The predicted molar refractivity (Wildman–Crippen MR) is 79.3 cm³/mol. The molecule has 5 nitrogen and oxygen atoms in total. The van der Waals surface area contributed by atoms with E-state index in [2.05, 4.69) is 10.1 Å². The van der Waals surface area contributed by atoms with E-state index in [0.717, 1.165) is 0 Å². The van der Waals surface area contributed by atoms with Crippen molar-refractivity contribution in [3.63, 3.8) is 0 Å². The van der Waals surface area contributed by atoms with Crippen molar-refractivity contribution in [2.24, 2.45) is 5.73 Å². The van der Waals surface area contributed by atoms with Gasteiger partial charge in [0, 0.05) is 19.0 Å². The summed E-state index contributed by atoms with van der Waals surface area (Å²) in [5.41, 5.74) is 6.26. The first-order valence-corrected chi connectivity index (χ1v) is 7.10. The first-order chi connectivity index (χ1) is 10.7. The zero-order chi connectivity index (χ0) is 17.5. The number of ether oxygens (including phenoxy) is 2. The fourth-order valence-corrected chi connectivity index (χ4v) is 1.75. The largest absolute Gasteiger partial charge is 0.493 e. The number of carbonyl (C=O) groups is 1. The molecule has 1 atom stereocenters. The number of hydrogen-bond acceptors (Lipinski definition) is 4. The molecule has 23 heavy (non-hydrogen) atoms. The van der Waals surface area contributed by atoms with Gasteiger partial charge in [0.05, 0.1) is 7.11 Å². The van der Waals surface area contributed by atoms with Crippen molar-refractivity contribution in [2.75, 3.05) is 13.7 Å². The number of amides is 1. The maximum atomic E-state index is 12.2. The third-order valence-electron chi connectivity index (χ3n) is 2.94. The van der Waals surface area contributed by atoms with Crippen LogP contribution in [0.3, 0.4) is 0 Å². The minimum absolute atomic E-state index is 0.00291. The van der Waals surface area contributed by atoms with Gasteiger partial charge in [-0.2, -0.15) is 13.2 Å². The second kappa shape index (κ2) is 8.61. The molecule has 1 aromatic rings. The maximum absolute atomic E-state index is 12.2. The zero-order valence-corrected chi connectivity index (χ0v) is 13.1. The molecule has 0 aliphatic carbocycles. The Bertz CT molecular complexity index is 519. The van der Waals surface area contributed by atoms with Crippen LogP contribution < -0.4 is 20.5 Å². The Morgan fingerprint density at radius 2 is 2.04 bits per heavy atom. The Hall–Kier alpha value is -1.96. The molecule has 0 radical (unpaired) electrons. The third-order valence-corrected chi connectivity index (χ3v) is 2.94. The second-order valence-corrected chi connectivity index (χ2v) is 5.18. The quantitative estimate of drug-likeness (QED) is 0.765. The molecule has 1 unspecified atom stereocenters. The number of nitrogens with one attached hydrogen (secondary N) is 1. The van der Waals surface area contributed by atoms with E-state index in [1.807, 2.05) is 6.92 Å². The van der Waals surface area contributed by atoms with E-state index < -0.39 is 12.8 Å². The van der Waals surface area contributed by atoms with Gasteiger partial charge in [0.25, 0.3) is 0 Å². The number of rotatable bonds is 8. The van der Waals surface area contributed by atoms with Crippen LogP contribution >= 0.6 is 0 Å². The summed E-state index contributed by atoms with van der Waals surface area (Å²) in [7, 11) is 1.33. The number of alkyl halides is 3. The van der Waals surface area contributed by atoms with Crippen LogP contribution in [0.1, 0.15) is 25.3 Å². The van der Waals surface area contributed by atoms with E-state index in [-0.39, 0.29) is 30.0 Å². The van der Waals surface area contributed by atoms with Gasteiger partial charge >= 0.3 is 6.18 Å². The average molecular weight is 334 g/mol. The zero-order valence-electron chi connectivity index (χ0n) is 13.1. The van der Waals surface area contributed by atoms with E-state index in [4.69, 9.17) is 10.5 Å². The number of hydrogen-bond donors (Lipinski definition) is 2. The van der Waals surface area contributed by atoms with Crippen molar-refractivity contribution < 1.29 is 27.4 Å². The fourth-order valence-electron chi connectivity index (χ4n) is 1.75. The van der Waals surface area contributed by atoms with Crippen molar-refractivity contribution >= 4 is 5.91 Å². The molecule has 3 N–H and O–H groups in total. The first kappa shape index (κ1) is 19.1. The van der Waals surface area contributed by atoms with Gasteiger partial charge in [-0.1, -0.05) is 6.07 Å². The summed E-state index contributed by atoms with van der Waals surface area (Å²) in [5, 5.41) is 2.71. The molecule has 0 aliphatic rings. The van der Waals surface area contributed by atoms with Crippen LogP contribution in [-0.2, 0) is 11.3 Å². The van der Waals surface area contributed by atoms with Gasteiger partial charge in [-0.3, -0.25) is 4.79 Å². The number of nitrogens with two attached hydrogens (primary N) is 1. The summed E-state index contributed by atoms with van der Waals surface area (Å²) in [5.74, 6) is 0.0344. The minimum Gasteiger partial charge on any atom is -0.493 e. The number of halogens is 3. The van der Waals surface area contributed by atoms with E-state index in [1.54, 1.807) is 6.07 Å². The van der Waals surface area contributed by atoms with Gasteiger partial charge in [0.1, 0.15) is 0 Å². The Labute approximate surface area is 132 Å². The van der Waals surface area contributed by atoms with Gasteiger partial charge < -0.3 is 20.5 Å². The molecule has 0 aromatic heterocycles. The Morgan fingerprint density at radius 1 is 1.35 bits per heavy atom. The molecule has 1 rings (SSSR count). The lowest BCUT2D eigenvalue weighted by Crippen LogP contribution is -2.25. The van der Waals surface area contributed by atoms with Crippen LogP contribution in [0.4, 0.5) is 13.2 Å². The van der Waals surface area contributed by atoms with Crippen LogP contribution in [0.25, 0.3) is 0 Å². The molecular formula is C15H21F3N2O3. The molecular weight excluding hydrogens is 313 g/mol. The lowest BCUT2D eigenvalue weighted by molar-refractivity contribution is -0.153. The second-order valence-electron chi connectivity index (χ2n) is 5.18. The average Bonchev–Trinajstić information content (AvgIpc) is 2.48. The summed E-state index contributed by atoms with van der Waals surface area (Å²) in [6, 6.07) is 4.43. The van der Waals surface area contributed by atoms with Crippen LogP contribution in [-0.4, -0.2) is 31.8 Å². The van der Waals surface area contributed by atoms with Crippen molar-refractivity contribution in [1.29, 1.82) is 0 Å². The summed E-state index contributed by atoms with van der Waals surface area (Å²) >= 11 is 0. The fraction of sp³-hybridized carbons (Fsp3) is 0.533. The van der Waals surface area contributed by atoms with Gasteiger partial charge in [0.15, 0.2) is 18.1 Å². The van der Waals surface area contributed by atoms with Crippen LogP contribution in [0.5, 0.6) is 11.5 Å². The van der Waals surface area contributed by atoms with E-state index in [9.17, 15) is 18.0 Å². The highest BCUT2D eigenvalue weighted by Gasteiger charge is 2.29. The normalized spacial score (nSPS) is 12.6. The molecule has 1 amide bonds. The third kappa shape index (κ3) is 7.73. The van der Waals surface area contributed by atoms with Gasteiger partial charge in [0.2, 0.25) is 5.91 Å². The molecule has 0 saturated heterocycles. The minimum atomic E-state index is -4.42. The van der Waals surface area contributed by atoms with Gasteiger partial charge in [-0.25, -0.2) is 0 Å². The Kier molecular flexibility index (Phi) is 7.15. The highest BCUT2D eigenvalue weighted by molar-refractivity contribution is 5.75. The molecule has 130 valence electrons.